The van der Waals surface area contributed by atoms with Crippen LogP contribution in [0.15, 0.2) is 24.3 Å². The molecule has 1 saturated heterocycles. The van der Waals surface area contributed by atoms with E-state index < -0.39 is 0 Å². The maximum absolute atomic E-state index is 12.0. The number of nitriles is 1. The van der Waals surface area contributed by atoms with Crippen LogP contribution < -0.4 is 10.6 Å². The van der Waals surface area contributed by atoms with Crippen LogP contribution in [0, 0.1) is 17.2 Å². The molecule has 1 aromatic carbocycles. The summed E-state index contributed by atoms with van der Waals surface area (Å²) in [6.07, 6.45) is 2.21. The van der Waals surface area contributed by atoms with Gasteiger partial charge in [0.15, 0.2) is 0 Å². The van der Waals surface area contributed by atoms with Crippen molar-refractivity contribution in [2.75, 3.05) is 18.4 Å². The molecule has 4 nitrogen and oxygen atoms in total. The first-order chi connectivity index (χ1) is 8.79. The number of nitrogens with one attached hydrogen (secondary N) is 2. The summed E-state index contributed by atoms with van der Waals surface area (Å²) >= 11 is 0. The van der Waals surface area contributed by atoms with E-state index in [4.69, 9.17) is 5.26 Å². The van der Waals surface area contributed by atoms with Crippen molar-refractivity contribution in [3.05, 3.63) is 29.8 Å². The van der Waals surface area contributed by atoms with Crippen LogP contribution in [0.3, 0.4) is 0 Å². The topological polar surface area (TPSA) is 64.9 Å². The van der Waals surface area contributed by atoms with E-state index in [0.717, 1.165) is 37.2 Å². The van der Waals surface area contributed by atoms with Crippen LogP contribution in [0.4, 0.5) is 5.69 Å². The van der Waals surface area contributed by atoms with Gasteiger partial charge >= 0.3 is 0 Å². The molecule has 0 atom stereocenters. The van der Waals surface area contributed by atoms with Gasteiger partial charge in [-0.3, -0.25) is 4.79 Å². The number of amides is 1. The Labute approximate surface area is 107 Å². The van der Waals surface area contributed by atoms with Gasteiger partial charge in [0, 0.05) is 11.6 Å². The number of hydrogen-bond donors (Lipinski definition) is 2. The highest BCUT2D eigenvalue weighted by Gasteiger charge is 2.20. The Morgan fingerprint density at radius 3 is 2.61 bits per heavy atom. The molecule has 2 rings (SSSR count). The summed E-state index contributed by atoms with van der Waals surface area (Å²) in [5.74, 6) is 0.217. The smallest absolute Gasteiger partial charge is 0.227 e. The van der Waals surface area contributed by atoms with Gasteiger partial charge in [-0.2, -0.15) is 5.26 Å². The van der Waals surface area contributed by atoms with Crippen LogP contribution in [0.2, 0.25) is 0 Å². The van der Waals surface area contributed by atoms with E-state index in [0.29, 0.717) is 6.42 Å². The average molecular weight is 243 g/mol. The lowest BCUT2D eigenvalue weighted by Crippen LogP contribution is -2.34. The molecule has 1 fully saturated rings. The first-order valence-corrected chi connectivity index (χ1v) is 6.27. The number of hydrogen-bond acceptors (Lipinski definition) is 3. The van der Waals surface area contributed by atoms with Gasteiger partial charge in [0.25, 0.3) is 0 Å². The van der Waals surface area contributed by atoms with Crippen LogP contribution in [-0.4, -0.2) is 19.0 Å². The predicted octanol–water partition coefficient (Wildman–Crippen LogP) is 1.69. The van der Waals surface area contributed by atoms with Crippen molar-refractivity contribution in [3.8, 4) is 6.07 Å². The van der Waals surface area contributed by atoms with E-state index in [2.05, 4.69) is 16.7 Å². The SMILES string of the molecule is N#CCc1ccc(NC(=O)C2CCNCC2)cc1. The molecule has 0 spiro atoms. The van der Waals surface area contributed by atoms with Crippen LogP contribution in [0.25, 0.3) is 0 Å². The molecule has 1 heterocycles. The highest BCUT2D eigenvalue weighted by molar-refractivity contribution is 5.92. The fourth-order valence-electron chi connectivity index (χ4n) is 2.13. The Hall–Kier alpha value is -1.86. The number of nitrogens with zero attached hydrogens (tertiary/aromatic N) is 1. The minimum Gasteiger partial charge on any atom is -0.326 e. The third kappa shape index (κ3) is 3.31. The van der Waals surface area contributed by atoms with Gasteiger partial charge in [-0.25, -0.2) is 0 Å². The van der Waals surface area contributed by atoms with Gasteiger partial charge in [0.1, 0.15) is 0 Å². The number of rotatable bonds is 3. The first-order valence-electron chi connectivity index (χ1n) is 6.27. The minimum atomic E-state index is 0.101. The van der Waals surface area contributed by atoms with E-state index in [9.17, 15) is 4.79 Å². The number of anilines is 1. The summed E-state index contributed by atoms with van der Waals surface area (Å²) in [6, 6.07) is 9.56. The van der Waals surface area contributed by atoms with Crippen LogP contribution in [0.1, 0.15) is 18.4 Å². The fourth-order valence-corrected chi connectivity index (χ4v) is 2.13. The largest absolute Gasteiger partial charge is 0.326 e. The van der Waals surface area contributed by atoms with E-state index in [1.807, 2.05) is 24.3 Å². The van der Waals surface area contributed by atoms with Crippen molar-refractivity contribution in [2.24, 2.45) is 5.92 Å². The summed E-state index contributed by atoms with van der Waals surface area (Å²) in [6.45, 7) is 1.83. The first kappa shape index (κ1) is 12.6. The molecule has 4 heteroatoms. The third-order valence-corrected chi connectivity index (χ3v) is 3.21. The third-order valence-electron chi connectivity index (χ3n) is 3.21. The van der Waals surface area contributed by atoms with E-state index in [1.54, 1.807) is 0 Å². The molecular formula is C14H17N3O. The van der Waals surface area contributed by atoms with Crippen molar-refractivity contribution in [2.45, 2.75) is 19.3 Å². The second kappa shape index (κ2) is 6.18. The summed E-state index contributed by atoms with van der Waals surface area (Å²) in [5.41, 5.74) is 1.78. The standard InChI is InChI=1S/C14H17N3O/c15-8-5-11-1-3-13(4-2-11)17-14(18)12-6-9-16-10-7-12/h1-4,12,16H,5-7,9-10H2,(H,17,18). The van der Waals surface area contributed by atoms with Gasteiger partial charge in [0.05, 0.1) is 12.5 Å². The molecule has 1 aliphatic heterocycles. The highest BCUT2D eigenvalue weighted by Crippen LogP contribution is 2.16. The lowest BCUT2D eigenvalue weighted by molar-refractivity contribution is -0.120. The Kier molecular flexibility index (Phi) is 4.32. The molecule has 1 aromatic rings. The number of piperidine rings is 1. The second-order valence-electron chi connectivity index (χ2n) is 4.55. The van der Waals surface area contributed by atoms with Crippen molar-refractivity contribution in [3.63, 3.8) is 0 Å². The zero-order valence-electron chi connectivity index (χ0n) is 10.3. The molecule has 2 N–H and O–H groups in total. The molecule has 0 radical (unpaired) electrons. The summed E-state index contributed by atoms with van der Waals surface area (Å²) in [7, 11) is 0. The van der Waals surface area contributed by atoms with Gasteiger partial charge in [-0.05, 0) is 43.6 Å². The Bertz CT molecular complexity index is 441. The molecule has 0 saturated carbocycles. The molecule has 0 bridgehead atoms. The van der Waals surface area contributed by atoms with E-state index >= 15 is 0 Å². The zero-order valence-corrected chi connectivity index (χ0v) is 10.3. The van der Waals surface area contributed by atoms with Gasteiger partial charge in [0.2, 0.25) is 5.91 Å². The second-order valence-corrected chi connectivity index (χ2v) is 4.55. The summed E-state index contributed by atoms with van der Waals surface area (Å²) in [5, 5.41) is 14.8. The van der Waals surface area contributed by atoms with Crippen molar-refractivity contribution < 1.29 is 4.79 Å². The average Bonchev–Trinajstić information content (AvgIpc) is 2.42. The zero-order chi connectivity index (χ0) is 12.8. The minimum absolute atomic E-state index is 0.101. The monoisotopic (exact) mass is 243 g/mol. The summed E-state index contributed by atoms with van der Waals surface area (Å²) in [4.78, 5) is 12.0. The predicted molar refractivity (Wildman–Crippen MR) is 70.0 cm³/mol. The number of carbonyl (C=O) groups is 1. The van der Waals surface area contributed by atoms with Gasteiger partial charge < -0.3 is 10.6 Å². The fraction of sp³-hybridized carbons (Fsp3) is 0.429. The van der Waals surface area contributed by atoms with Gasteiger partial charge in [-0.15, -0.1) is 0 Å². The Morgan fingerprint density at radius 1 is 1.33 bits per heavy atom. The molecule has 0 unspecified atom stereocenters. The molecule has 1 aliphatic rings. The van der Waals surface area contributed by atoms with Gasteiger partial charge in [-0.1, -0.05) is 12.1 Å². The van der Waals surface area contributed by atoms with E-state index in [-0.39, 0.29) is 11.8 Å². The quantitative estimate of drug-likeness (QED) is 0.849. The maximum atomic E-state index is 12.0. The van der Waals surface area contributed by atoms with Crippen molar-refractivity contribution >= 4 is 11.6 Å². The molecule has 94 valence electrons. The number of carbonyl (C=O) groups excluding carboxylic acids is 1. The highest BCUT2D eigenvalue weighted by atomic mass is 16.1. The summed E-state index contributed by atoms with van der Waals surface area (Å²) < 4.78 is 0. The number of benzene rings is 1. The molecule has 18 heavy (non-hydrogen) atoms. The maximum Gasteiger partial charge on any atom is 0.227 e. The van der Waals surface area contributed by atoms with Crippen LogP contribution in [-0.2, 0) is 11.2 Å². The van der Waals surface area contributed by atoms with Crippen molar-refractivity contribution in [1.29, 1.82) is 5.26 Å². The molecule has 0 aliphatic carbocycles. The van der Waals surface area contributed by atoms with E-state index in [1.165, 1.54) is 0 Å². The molecular weight excluding hydrogens is 226 g/mol. The van der Waals surface area contributed by atoms with Crippen molar-refractivity contribution in [1.82, 2.24) is 5.32 Å². The Balaban J connectivity index is 1.92. The Morgan fingerprint density at radius 2 is 2.00 bits per heavy atom. The van der Waals surface area contributed by atoms with Crippen LogP contribution >= 0.6 is 0 Å². The molecule has 0 aromatic heterocycles. The normalized spacial score (nSPS) is 15.9. The lowest BCUT2D eigenvalue weighted by Gasteiger charge is -2.21. The molecule has 1 amide bonds. The van der Waals surface area contributed by atoms with Crippen LogP contribution in [0.5, 0.6) is 0 Å². The lowest BCUT2D eigenvalue weighted by atomic mass is 9.97.